The molecule has 1 fully saturated rings. The number of methoxy groups -OCH3 is 1. The Morgan fingerprint density at radius 2 is 2.00 bits per heavy atom. The van der Waals surface area contributed by atoms with Crippen molar-refractivity contribution in [3.8, 4) is 5.75 Å². The van der Waals surface area contributed by atoms with E-state index in [-0.39, 0.29) is 12.5 Å². The normalized spacial score (nSPS) is 15.3. The van der Waals surface area contributed by atoms with E-state index in [9.17, 15) is 9.59 Å². The number of carbonyl (C=O) groups excluding carboxylic acids is 2. The van der Waals surface area contributed by atoms with Gasteiger partial charge in [0, 0.05) is 4.47 Å². The molecule has 0 aliphatic carbocycles. The van der Waals surface area contributed by atoms with E-state index in [1.807, 2.05) is 24.3 Å². The van der Waals surface area contributed by atoms with Gasteiger partial charge in [-0.1, -0.05) is 58.1 Å². The zero-order chi connectivity index (χ0) is 19.4. The van der Waals surface area contributed by atoms with E-state index in [2.05, 4.69) is 20.7 Å². The predicted octanol–water partition coefficient (Wildman–Crippen LogP) is 4.41. The zero-order valence-corrected chi connectivity index (χ0v) is 17.4. The summed E-state index contributed by atoms with van der Waals surface area (Å²) in [7, 11) is 1.30. The van der Waals surface area contributed by atoms with E-state index in [0.29, 0.717) is 15.0 Å². The summed E-state index contributed by atoms with van der Waals surface area (Å²) in [5.74, 6) is -0.0661. The fraction of sp³-hybridized carbons (Fsp3) is 0.105. The van der Waals surface area contributed by atoms with E-state index < -0.39 is 5.97 Å². The second kappa shape index (κ2) is 8.69. The smallest absolute Gasteiger partial charge is 0.343 e. The minimum Gasteiger partial charge on any atom is -0.482 e. The Kier molecular flexibility index (Phi) is 6.30. The monoisotopic (exact) mass is 463 g/mol. The summed E-state index contributed by atoms with van der Waals surface area (Å²) in [5.41, 5.74) is 1.55. The van der Waals surface area contributed by atoms with E-state index in [1.165, 1.54) is 23.8 Å². The first-order valence-electron chi connectivity index (χ1n) is 7.81. The molecule has 0 atom stereocenters. The molecule has 0 spiro atoms. The number of rotatable bonds is 5. The van der Waals surface area contributed by atoms with Crippen LogP contribution in [0.25, 0.3) is 6.08 Å². The molecule has 2 aromatic carbocycles. The van der Waals surface area contributed by atoms with Crippen LogP contribution in [0, 0.1) is 0 Å². The lowest BCUT2D eigenvalue weighted by Gasteiger charge is -2.14. The topological polar surface area (TPSA) is 55.8 Å². The summed E-state index contributed by atoms with van der Waals surface area (Å²) in [5, 5.41) is 0. The van der Waals surface area contributed by atoms with E-state index >= 15 is 0 Å². The van der Waals surface area contributed by atoms with Crippen LogP contribution < -0.4 is 9.64 Å². The molecule has 0 unspecified atom stereocenters. The van der Waals surface area contributed by atoms with Crippen molar-refractivity contribution >= 4 is 67.9 Å². The minimum absolute atomic E-state index is 0.152. The van der Waals surface area contributed by atoms with Gasteiger partial charge in [-0.25, -0.2) is 4.79 Å². The fourth-order valence-electron chi connectivity index (χ4n) is 2.32. The Morgan fingerprint density at radius 1 is 1.26 bits per heavy atom. The van der Waals surface area contributed by atoms with Crippen LogP contribution in [0.3, 0.4) is 0 Å². The van der Waals surface area contributed by atoms with Crippen LogP contribution >= 0.6 is 39.9 Å². The van der Waals surface area contributed by atoms with Crippen LogP contribution in [-0.2, 0) is 14.3 Å². The van der Waals surface area contributed by atoms with Gasteiger partial charge in [-0.15, -0.1) is 0 Å². The van der Waals surface area contributed by atoms with E-state index in [1.54, 1.807) is 30.3 Å². The summed E-state index contributed by atoms with van der Waals surface area (Å²) in [6, 6.07) is 14.5. The molecule has 138 valence electrons. The van der Waals surface area contributed by atoms with Gasteiger partial charge in [0.25, 0.3) is 5.91 Å². The van der Waals surface area contributed by atoms with Crippen molar-refractivity contribution in [3.63, 3.8) is 0 Å². The van der Waals surface area contributed by atoms with E-state index in [0.717, 1.165) is 15.7 Å². The molecule has 1 aliphatic heterocycles. The van der Waals surface area contributed by atoms with Gasteiger partial charge < -0.3 is 9.47 Å². The number of amides is 1. The number of esters is 1. The summed E-state index contributed by atoms with van der Waals surface area (Å²) >= 11 is 10.0. The van der Waals surface area contributed by atoms with Crippen molar-refractivity contribution in [3.05, 3.63) is 63.5 Å². The number of halogens is 1. The Balaban J connectivity index is 1.75. The Hall–Kier alpha value is -2.16. The molecule has 0 bridgehead atoms. The highest BCUT2D eigenvalue weighted by Gasteiger charge is 2.33. The maximum absolute atomic E-state index is 12.8. The molecule has 1 aliphatic rings. The Bertz CT molecular complexity index is 928. The van der Waals surface area contributed by atoms with Crippen LogP contribution in [0.2, 0.25) is 0 Å². The van der Waals surface area contributed by atoms with Gasteiger partial charge in [-0.05, 0) is 42.0 Å². The molecule has 0 radical (unpaired) electrons. The third-order valence-corrected chi connectivity index (χ3v) is 5.42. The van der Waals surface area contributed by atoms with Gasteiger partial charge in [-0.3, -0.25) is 9.69 Å². The van der Waals surface area contributed by atoms with Gasteiger partial charge >= 0.3 is 5.97 Å². The predicted molar refractivity (Wildman–Crippen MR) is 114 cm³/mol. The minimum atomic E-state index is -0.449. The van der Waals surface area contributed by atoms with Crippen molar-refractivity contribution < 1.29 is 19.1 Å². The molecule has 1 amide bonds. The summed E-state index contributed by atoms with van der Waals surface area (Å²) in [6.07, 6.45) is 1.78. The molecular weight excluding hydrogens is 450 g/mol. The van der Waals surface area contributed by atoms with Crippen molar-refractivity contribution in [1.29, 1.82) is 0 Å². The second-order valence-corrected chi connectivity index (χ2v) is 8.02. The third-order valence-electron chi connectivity index (χ3n) is 3.62. The van der Waals surface area contributed by atoms with Crippen LogP contribution in [0.1, 0.15) is 5.56 Å². The summed E-state index contributed by atoms with van der Waals surface area (Å²) in [6.45, 7) is -0.152. The number of carbonyl (C=O) groups is 2. The molecule has 1 heterocycles. The summed E-state index contributed by atoms with van der Waals surface area (Å²) < 4.78 is 11.2. The average Bonchev–Trinajstić information content (AvgIpc) is 2.94. The standard InChI is InChI=1S/C19H14BrNO4S2/c1-24-17(22)11-25-15-7-5-12(6-8-15)9-16-18(23)21(19(26)27-16)14-4-2-3-13(20)10-14/h2-10H,11H2,1H3/b16-9-. The maximum atomic E-state index is 12.8. The maximum Gasteiger partial charge on any atom is 0.343 e. The highest BCUT2D eigenvalue weighted by Crippen LogP contribution is 2.36. The lowest BCUT2D eigenvalue weighted by atomic mass is 10.2. The average molecular weight is 464 g/mol. The van der Waals surface area contributed by atoms with Crippen LogP contribution in [0.4, 0.5) is 5.69 Å². The molecule has 0 N–H and O–H groups in total. The number of hydrogen-bond donors (Lipinski definition) is 0. The first-order valence-corrected chi connectivity index (χ1v) is 9.83. The van der Waals surface area contributed by atoms with Crippen molar-refractivity contribution in [2.75, 3.05) is 18.6 Å². The number of thioether (sulfide) groups is 1. The molecule has 1 saturated heterocycles. The number of nitrogens with zero attached hydrogens (tertiary/aromatic N) is 1. The van der Waals surface area contributed by atoms with Crippen molar-refractivity contribution in [2.24, 2.45) is 0 Å². The van der Waals surface area contributed by atoms with Gasteiger partial charge in [0.1, 0.15) is 5.75 Å². The summed E-state index contributed by atoms with van der Waals surface area (Å²) in [4.78, 5) is 25.9. The lowest BCUT2D eigenvalue weighted by Crippen LogP contribution is -2.27. The second-order valence-electron chi connectivity index (χ2n) is 5.43. The zero-order valence-electron chi connectivity index (χ0n) is 14.2. The largest absolute Gasteiger partial charge is 0.482 e. The molecule has 0 aromatic heterocycles. The quantitative estimate of drug-likeness (QED) is 0.371. The molecule has 5 nitrogen and oxygen atoms in total. The van der Waals surface area contributed by atoms with Gasteiger partial charge in [-0.2, -0.15) is 0 Å². The van der Waals surface area contributed by atoms with Crippen molar-refractivity contribution in [1.82, 2.24) is 0 Å². The first-order chi connectivity index (χ1) is 13.0. The SMILES string of the molecule is COC(=O)COc1ccc(/C=C2\SC(=S)N(c3cccc(Br)c3)C2=O)cc1. The van der Waals surface area contributed by atoms with Crippen LogP contribution in [0.15, 0.2) is 57.9 Å². The Labute approximate surface area is 174 Å². The van der Waals surface area contributed by atoms with Gasteiger partial charge in [0.05, 0.1) is 17.7 Å². The highest BCUT2D eigenvalue weighted by molar-refractivity contribution is 9.10. The van der Waals surface area contributed by atoms with Crippen LogP contribution in [0.5, 0.6) is 5.75 Å². The number of ether oxygens (including phenoxy) is 2. The number of anilines is 1. The molecular formula is C19H14BrNO4S2. The van der Waals surface area contributed by atoms with Crippen molar-refractivity contribution in [2.45, 2.75) is 0 Å². The number of hydrogen-bond acceptors (Lipinski definition) is 6. The Morgan fingerprint density at radius 3 is 2.67 bits per heavy atom. The number of benzene rings is 2. The molecule has 0 saturated carbocycles. The highest BCUT2D eigenvalue weighted by atomic mass is 79.9. The van der Waals surface area contributed by atoms with E-state index in [4.69, 9.17) is 17.0 Å². The molecule has 8 heteroatoms. The lowest BCUT2D eigenvalue weighted by molar-refractivity contribution is -0.142. The molecule has 27 heavy (non-hydrogen) atoms. The fourth-order valence-corrected chi connectivity index (χ4v) is 4.00. The van der Waals surface area contributed by atoms with Crippen LogP contribution in [-0.4, -0.2) is 29.9 Å². The third kappa shape index (κ3) is 4.77. The molecule has 3 rings (SSSR count). The van der Waals surface area contributed by atoms with Gasteiger partial charge in [0.2, 0.25) is 0 Å². The first kappa shape index (κ1) is 19.6. The van der Waals surface area contributed by atoms with Gasteiger partial charge in [0.15, 0.2) is 10.9 Å². The molecule has 2 aromatic rings. The number of thiocarbonyl (C=S) groups is 1.